The molecular formula is C28H35N9O2. The summed E-state index contributed by atoms with van der Waals surface area (Å²) in [5.74, 6) is 3.74. The number of imidazole rings is 2. The van der Waals surface area contributed by atoms with Gasteiger partial charge in [-0.15, -0.1) is 0 Å². The molecule has 204 valence electrons. The van der Waals surface area contributed by atoms with E-state index in [1.807, 2.05) is 30.1 Å². The van der Waals surface area contributed by atoms with Crippen molar-refractivity contribution in [3.05, 3.63) is 35.9 Å². The molecule has 7 rings (SSSR count). The maximum Gasteiger partial charge on any atom is 0.239 e. The van der Waals surface area contributed by atoms with Gasteiger partial charge in [-0.05, 0) is 31.5 Å². The number of nitrogens with zero attached hydrogens (tertiary/aromatic N) is 9. The zero-order valence-corrected chi connectivity index (χ0v) is 22.7. The molecule has 0 bridgehead atoms. The minimum Gasteiger partial charge on any atom is -0.378 e. The highest BCUT2D eigenvalue weighted by Gasteiger charge is 2.34. The van der Waals surface area contributed by atoms with Crippen LogP contribution in [0.5, 0.6) is 0 Å². The fraction of sp³-hybridized carbons (Fsp3) is 0.536. The number of benzene rings is 1. The molecule has 0 N–H and O–H groups in total. The first kappa shape index (κ1) is 24.5. The lowest BCUT2D eigenvalue weighted by Crippen LogP contribution is -2.45. The van der Waals surface area contributed by atoms with Gasteiger partial charge in [-0.1, -0.05) is 19.1 Å². The van der Waals surface area contributed by atoms with Crippen LogP contribution in [0.4, 0.5) is 5.82 Å². The van der Waals surface area contributed by atoms with Crippen molar-refractivity contribution in [3.8, 4) is 5.95 Å². The summed E-state index contributed by atoms with van der Waals surface area (Å²) in [6, 6.07) is 8.14. The van der Waals surface area contributed by atoms with E-state index in [1.165, 1.54) is 0 Å². The lowest BCUT2D eigenvalue weighted by atomic mass is 10.1. The minimum absolute atomic E-state index is 0.0947. The van der Waals surface area contributed by atoms with Crippen LogP contribution in [0.25, 0.3) is 28.1 Å². The van der Waals surface area contributed by atoms with E-state index in [4.69, 9.17) is 24.7 Å². The van der Waals surface area contributed by atoms with E-state index in [0.717, 1.165) is 98.2 Å². The Labute approximate surface area is 227 Å². The Hall–Kier alpha value is -3.57. The van der Waals surface area contributed by atoms with Gasteiger partial charge in [0.25, 0.3) is 0 Å². The van der Waals surface area contributed by atoms with Crippen LogP contribution in [-0.2, 0) is 29.5 Å². The first-order chi connectivity index (χ1) is 19.1. The fourth-order valence-corrected chi connectivity index (χ4v) is 6.03. The molecule has 3 aliphatic rings. The molecule has 0 radical (unpaired) electrons. The summed E-state index contributed by atoms with van der Waals surface area (Å²) in [7, 11) is 2.04. The van der Waals surface area contributed by atoms with E-state index in [1.54, 1.807) is 0 Å². The Morgan fingerprint density at radius 2 is 1.82 bits per heavy atom. The third kappa shape index (κ3) is 4.24. The lowest BCUT2D eigenvalue weighted by Gasteiger charge is -2.33. The number of likely N-dealkylation sites (tertiary alicyclic amines) is 2. The number of morpholine rings is 1. The third-order valence-electron chi connectivity index (χ3n) is 8.39. The van der Waals surface area contributed by atoms with Crippen molar-refractivity contribution in [2.45, 2.75) is 32.7 Å². The molecule has 4 aromatic rings. The summed E-state index contributed by atoms with van der Waals surface area (Å²) in [6.07, 6.45) is 2.81. The largest absolute Gasteiger partial charge is 0.378 e. The maximum atomic E-state index is 12.8. The van der Waals surface area contributed by atoms with E-state index in [9.17, 15) is 4.79 Å². The molecule has 1 atom stereocenters. The minimum atomic E-state index is 0.0947. The van der Waals surface area contributed by atoms with Gasteiger partial charge in [0.1, 0.15) is 11.6 Å². The number of hydrogen-bond donors (Lipinski definition) is 0. The Balaban J connectivity index is 1.28. The molecule has 0 saturated carbocycles. The molecule has 39 heavy (non-hydrogen) atoms. The molecule has 1 amide bonds. The number of rotatable bonds is 6. The number of ether oxygens (including phenoxy) is 1. The first-order valence-electron chi connectivity index (χ1n) is 14.1. The highest BCUT2D eigenvalue weighted by Crippen LogP contribution is 2.30. The monoisotopic (exact) mass is 529 g/mol. The smallest absolute Gasteiger partial charge is 0.239 e. The van der Waals surface area contributed by atoms with Gasteiger partial charge < -0.3 is 19.1 Å². The SMILES string of the molecule is CCc1nc2ccccc2n1-c1nc(N2CCOCC2)c2nc(CN3CCC(C(=O)N4CCC4)C3)n(C)c2n1. The second-order valence-corrected chi connectivity index (χ2v) is 10.8. The van der Waals surface area contributed by atoms with Crippen molar-refractivity contribution in [2.75, 3.05) is 57.4 Å². The summed E-state index contributed by atoms with van der Waals surface area (Å²) >= 11 is 0. The Kier molecular flexibility index (Phi) is 6.19. The van der Waals surface area contributed by atoms with E-state index in [2.05, 4.69) is 31.9 Å². The zero-order chi connectivity index (χ0) is 26.5. The quantitative estimate of drug-likeness (QED) is 0.375. The number of amides is 1. The van der Waals surface area contributed by atoms with Crippen LogP contribution in [0, 0.1) is 5.92 Å². The zero-order valence-electron chi connectivity index (χ0n) is 22.7. The number of aryl methyl sites for hydroxylation is 2. The highest BCUT2D eigenvalue weighted by molar-refractivity contribution is 5.86. The number of para-hydroxylation sites is 2. The fourth-order valence-electron chi connectivity index (χ4n) is 6.03. The van der Waals surface area contributed by atoms with Gasteiger partial charge in [-0.2, -0.15) is 9.97 Å². The van der Waals surface area contributed by atoms with Crippen LogP contribution in [0.1, 0.15) is 31.4 Å². The van der Waals surface area contributed by atoms with Crippen LogP contribution in [0.15, 0.2) is 24.3 Å². The number of hydrogen-bond acceptors (Lipinski definition) is 8. The van der Waals surface area contributed by atoms with Crippen LogP contribution in [0.3, 0.4) is 0 Å². The maximum absolute atomic E-state index is 12.8. The topological polar surface area (TPSA) is 97.4 Å². The Morgan fingerprint density at radius 1 is 1.00 bits per heavy atom. The van der Waals surface area contributed by atoms with Gasteiger partial charge in [-0.25, -0.2) is 9.97 Å². The summed E-state index contributed by atoms with van der Waals surface area (Å²) in [6.45, 7) is 9.15. The Bertz CT molecular complexity index is 1530. The number of carbonyl (C=O) groups is 1. The third-order valence-corrected chi connectivity index (χ3v) is 8.39. The molecule has 6 heterocycles. The number of fused-ring (bicyclic) bond motifs is 2. The molecule has 3 fully saturated rings. The predicted molar refractivity (Wildman–Crippen MR) is 148 cm³/mol. The van der Waals surface area contributed by atoms with Crippen molar-refractivity contribution in [2.24, 2.45) is 13.0 Å². The van der Waals surface area contributed by atoms with Crippen molar-refractivity contribution in [1.29, 1.82) is 0 Å². The molecule has 3 aliphatic heterocycles. The van der Waals surface area contributed by atoms with Gasteiger partial charge in [0.05, 0.1) is 36.7 Å². The van der Waals surface area contributed by atoms with Crippen molar-refractivity contribution in [1.82, 2.24) is 38.9 Å². The second-order valence-electron chi connectivity index (χ2n) is 10.8. The van der Waals surface area contributed by atoms with Crippen LogP contribution >= 0.6 is 0 Å². The van der Waals surface area contributed by atoms with E-state index in [0.29, 0.717) is 31.6 Å². The number of anilines is 1. The molecule has 11 nitrogen and oxygen atoms in total. The van der Waals surface area contributed by atoms with E-state index in [-0.39, 0.29) is 5.92 Å². The molecule has 3 aromatic heterocycles. The van der Waals surface area contributed by atoms with Crippen LogP contribution in [0.2, 0.25) is 0 Å². The van der Waals surface area contributed by atoms with Gasteiger partial charge in [-0.3, -0.25) is 14.3 Å². The standard InChI is InChI=1S/C28H35N9O2/c1-3-22-29-20-7-4-5-8-21(20)37(22)28-31-25-24(26(32-28)35-13-15-39-16-14-35)30-23(33(25)2)18-34-12-9-19(17-34)27(38)36-10-6-11-36/h4-5,7-8,19H,3,6,9-18H2,1-2H3. The molecule has 0 aliphatic carbocycles. The normalized spacial score (nSPS) is 20.3. The summed E-state index contributed by atoms with van der Waals surface area (Å²) < 4.78 is 9.82. The summed E-state index contributed by atoms with van der Waals surface area (Å²) in [5, 5.41) is 0. The molecule has 1 aromatic carbocycles. The molecular weight excluding hydrogens is 494 g/mol. The van der Waals surface area contributed by atoms with Crippen molar-refractivity contribution in [3.63, 3.8) is 0 Å². The van der Waals surface area contributed by atoms with Gasteiger partial charge in [0.15, 0.2) is 17.0 Å². The van der Waals surface area contributed by atoms with Crippen molar-refractivity contribution < 1.29 is 9.53 Å². The van der Waals surface area contributed by atoms with Gasteiger partial charge >= 0.3 is 0 Å². The average Bonchev–Trinajstić information content (AvgIpc) is 3.64. The number of carbonyl (C=O) groups excluding carboxylic acids is 1. The summed E-state index contributed by atoms with van der Waals surface area (Å²) in [5.41, 5.74) is 3.56. The average molecular weight is 530 g/mol. The van der Waals surface area contributed by atoms with Gasteiger partial charge in [0, 0.05) is 46.2 Å². The predicted octanol–water partition coefficient (Wildman–Crippen LogP) is 2.16. The van der Waals surface area contributed by atoms with Gasteiger partial charge in [0.2, 0.25) is 11.9 Å². The molecule has 3 saturated heterocycles. The molecule has 11 heteroatoms. The van der Waals surface area contributed by atoms with Crippen molar-refractivity contribution >= 4 is 33.9 Å². The lowest BCUT2D eigenvalue weighted by molar-refractivity contribution is -0.138. The second kappa shape index (κ2) is 9.87. The first-order valence-corrected chi connectivity index (χ1v) is 14.1. The van der Waals surface area contributed by atoms with Crippen LogP contribution in [-0.4, -0.2) is 97.3 Å². The van der Waals surface area contributed by atoms with Crippen LogP contribution < -0.4 is 4.90 Å². The molecule has 0 spiro atoms. The summed E-state index contributed by atoms with van der Waals surface area (Å²) in [4.78, 5) is 39.6. The molecule has 1 unspecified atom stereocenters. The highest BCUT2D eigenvalue weighted by atomic mass is 16.5. The Morgan fingerprint density at radius 3 is 2.59 bits per heavy atom. The van der Waals surface area contributed by atoms with E-state index >= 15 is 0 Å². The van der Waals surface area contributed by atoms with E-state index < -0.39 is 0 Å². The number of aromatic nitrogens is 6.